The Morgan fingerprint density at radius 2 is 1.59 bits per heavy atom. The number of nitrogens with zero attached hydrogens (tertiary/aromatic N) is 2. The normalized spacial score (nSPS) is 14.2. The molecule has 0 aliphatic carbocycles. The summed E-state index contributed by atoms with van der Waals surface area (Å²) < 4.78 is 16.7. The fourth-order valence-electron chi connectivity index (χ4n) is 5.06. The van der Waals surface area contributed by atoms with E-state index in [0.29, 0.717) is 25.7 Å². The van der Waals surface area contributed by atoms with Crippen LogP contribution in [-0.2, 0) is 11.3 Å². The van der Waals surface area contributed by atoms with Gasteiger partial charge in [-0.1, -0.05) is 24.3 Å². The number of hydrogen-bond acceptors (Lipinski definition) is 5. The van der Waals surface area contributed by atoms with E-state index in [-0.39, 0.29) is 6.09 Å². The lowest BCUT2D eigenvalue weighted by atomic mass is 9.96. The molecule has 3 aromatic carbocycles. The van der Waals surface area contributed by atoms with Crippen LogP contribution in [0.1, 0.15) is 51.7 Å². The van der Waals surface area contributed by atoms with E-state index >= 15 is 0 Å². The molecule has 39 heavy (non-hydrogen) atoms. The first-order valence-electron chi connectivity index (χ1n) is 13.9. The van der Waals surface area contributed by atoms with E-state index < -0.39 is 5.60 Å². The molecule has 0 saturated carbocycles. The molecular formula is C33H42N2O4. The van der Waals surface area contributed by atoms with Crippen LogP contribution in [0, 0.1) is 6.92 Å². The third-order valence-electron chi connectivity index (χ3n) is 7.09. The summed E-state index contributed by atoms with van der Waals surface area (Å²) in [5.74, 6) is 1.73. The molecule has 0 unspecified atom stereocenters. The van der Waals surface area contributed by atoms with Crippen molar-refractivity contribution in [3.63, 3.8) is 0 Å². The molecule has 3 aromatic rings. The maximum absolute atomic E-state index is 12.7. The number of piperidine rings is 1. The van der Waals surface area contributed by atoms with Gasteiger partial charge in [0, 0.05) is 31.4 Å². The molecule has 0 aromatic heterocycles. The van der Waals surface area contributed by atoms with Gasteiger partial charge in [0.1, 0.15) is 17.1 Å². The predicted octanol–water partition coefficient (Wildman–Crippen LogP) is 7.48. The van der Waals surface area contributed by atoms with Gasteiger partial charge in [-0.3, -0.25) is 0 Å². The zero-order valence-corrected chi connectivity index (χ0v) is 24.2. The lowest BCUT2D eigenvalue weighted by Gasteiger charge is -2.40. The molecule has 1 saturated heterocycles. The van der Waals surface area contributed by atoms with Gasteiger partial charge in [-0.25, -0.2) is 4.79 Å². The molecule has 1 aliphatic heterocycles. The number of methoxy groups -OCH3 is 1. The molecular weight excluding hydrogens is 488 g/mol. The fraction of sp³-hybridized carbons (Fsp3) is 0.424. The van der Waals surface area contributed by atoms with Crippen LogP contribution >= 0.6 is 0 Å². The number of carbonyl (C=O) groups is 1. The standard InChI is InChI=1S/C33H42N2O4/c1-7-38-30-14-10-26(11-15-30)31-22-25(9-8-24(31)2)23-35(27-12-16-29(37-6)17-13-27)28-18-20-34(21-19-28)32(36)39-33(3,4)5/h8-17,22,28H,7,18-21,23H2,1-6H3. The second kappa shape index (κ2) is 12.5. The van der Waals surface area contributed by atoms with Crippen LogP contribution in [0.25, 0.3) is 11.1 Å². The van der Waals surface area contributed by atoms with E-state index in [1.54, 1.807) is 7.11 Å². The zero-order chi connectivity index (χ0) is 28.0. The highest BCUT2D eigenvalue weighted by Crippen LogP contribution is 2.31. The van der Waals surface area contributed by atoms with E-state index in [2.05, 4.69) is 54.3 Å². The quantitative estimate of drug-likeness (QED) is 0.302. The van der Waals surface area contributed by atoms with Crippen molar-refractivity contribution in [2.75, 3.05) is 31.7 Å². The van der Waals surface area contributed by atoms with Gasteiger partial charge in [0.15, 0.2) is 0 Å². The van der Waals surface area contributed by atoms with Crippen LogP contribution in [0.4, 0.5) is 10.5 Å². The Bertz CT molecular complexity index is 1220. The Hall–Kier alpha value is -3.67. The van der Waals surface area contributed by atoms with Crippen molar-refractivity contribution in [3.05, 3.63) is 77.9 Å². The Labute approximate surface area is 233 Å². The minimum atomic E-state index is -0.491. The molecule has 0 radical (unpaired) electrons. The number of aryl methyl sites for hydroxylation is 1. The Balaban J connectivity index is 1.56. The highest BCUT2D eigenvalue weighted by atomic mass is 16.6. The number of benzene rings is 3. The first kappa shape index (κ1) is 28.3. The number of anilines is 1. The maximum atomic E-state index is 12.7. The topological polar surface area (TPSA) is 51.2 Å². The molecule has 1 aliphatic rings. The second-order valence-electron chi connectivity index (χ2n) is 11.1. The summed E-state index contributed by atoms with van der Waals surface area (Å²) in [4.78, 5) is 17.0. The zero-order valence-electron chi connectivity index (χ0n) is 24.2. The van der Waals surface area contributed by atoms with Crippen molar-refractivity contribution in [1.82, 2.24) is 4.90 Å². The minimum Gasteiger partial charge on any atom is -0.497 e. The monoisotopic (exact) mass is 530 g/mol. The van der Waals surface area contributed by atoms with E-state index in [0.717, 1.165) is 36.6 Å². The SMILES string of the molecule is CCOc1ccc(-c2cc(CN(c3ccc(OC)cc3)C3CCN(C(=O)OC(C)(C)C)CC3)ccc2C)cc1. The van der Waals surface area contributed by atoms with Crippen LogP contribution in [0.15, 0.2) is 66.7 Å². The number of amides is 1. The van der Waals surface area contributed by atoms with Crippen molar-refractivity contribution in [2.24, 2.45) is 0 Å². The van der Waals surface area contributed by atoms with E-state index in [1.165, 1.54) is 22.3 Å². The summed E-state index contributed by atoms with van der Waals surface area (Å²) >= 11 is 0. The number of rotatable bonds is 8. The van der Waals surface area contributed by atoms with Crippen LogP contribution in [0.3, 0.4) is 0 Å². The molecule has 4 rings (SSSR count). The molecule has 1 fully saturated rings. The van der Waals surface area contributed by atoms with Gasteiger partial charge in [-0.15, -0.1) is 0 Å². The third kappa shape index (κ3) is 7.47. The van der Waals surface area contributed by atoms with Crippen molar-refractivity contribution in [2.45, 2.75) is 65.6 Å². The van der Waals surface area contributed by atoms with E-state index in [1.807, 2.05) is 56.9 Å². The number of ether oxygens (including phenoxy) is 3. The molecule has 1 heterocycles. The van der Waals surface area contributed by atoms with Gasteiger partial charge in [-0.2, -0.15) is 0 Å². The first-order chi connectivity index (χ1) is 18.7. The Morgan fingerprint density at radius 3 is 2.18 bits per heavy atom. The smallest absolute Gasteiger partial charge is 0.410 e. The summed E-state index contributed by atoms with van der Waals surface area (Å²) in [7, 11) is 1.69. The van der Waals surface area contributed by atoms with Gasteiger partial charge in [-0.05, 0) is 112 Å². The van der Waals surface area contributed by atoms with Crippen LogP contribution in [-0.4, -0.2) is 49.4 Å². The summed E-state index contributed by atoms with van der Waals surface area (Å²) in [6.07, 6.45) is 1.53. The maximum Gasteiger partial charge on any atom is 0.410 e. The predicted molar refractivity (Wildman–Crippen MR) is 158 cm³/mol. The third-order valence-corrected chi connectivity index (χ3v) is 7.09. The van der Waals surface area contributed by atoms with Crippen molar-refractivity contribution < 1.29 is 19.0 Å². The van der Waals surface area contributed by atoms with Crippen molar-refractivity contribution >= 4 is 11.8 Å². The largest absolute Gasteiger partial charge is 0.497 e. The lowest BCUT2D eigenvalue weighted by molar-refractivity contribution is 0.0204. The van der Waals surface area contributed by atoms with Gasteiger partial charge >= 0.3 is 6.09 Å². The number of hydrogen-bond donors (Lipinski definition) is 0. The van der Waals surface area contributed by atoms with Gasteiger partial charge < -0.3 is 24.0 Å². The van der Waals surface area contributed by atoms with Crippen LogP contribution in [0.2, 0.25) is 0 Å². The molecule has 0 N–H and O–H groups in total. The molecule has 208 valence electrons. The molecule has 0 atom stereocenters. The van der Waals surface area contributed by atoms with Gasteiger partial charge in [0.25, 0.3) is 0 Å². The second-order valence-corrected chi connectivity index (χ2v) is 11.1. The lowest BCUT2D eigenvalue weighted by Crippen LogP contribution is -2.48. The summed E-state index contributed by atoms with van der Waals surface area (Å²) in [5, 5.41) is 0. The van der Waals surface area contributed by atoms with Crippen LogP contribution in [0.5, 0.6) is 11.5 Å². The van der Waals surface area contributed by atoms with E-state index in [4.69, 9.17) is 14.2 Å². The van der Waals surface area contributed by atoms with Crippen molar-refractivity contribution in [3.8, 4) is 22.6 Å². The Kier molecular flexibility index (Phi) is 9.05. The highest BCUT2D eigenvalue weighted by molar-refractivity contribution is 5.69. The molecule has 6 heteroatoms. The summed E-state index contributed by atoms with van der Waals surface area (Å²) in [6.45, 7) is 12.7. The fourth-order valence-corrected chi connectivity index (χ4v) is 5.06. The van der Waals surface area contributed by atoms with Gasteiger partial charge in [0.2, 0.25) is 0 Å². The molecule has 0 spiro atoms. The average molecular weight is 531 g/mol. The summed E-state index contributed by atoms with van der Waals surface area (Å²) in [6, 6.07) is 23.6. The van der Waals surface area contributed by atoms with Crippen molar-refractivity contribution in [1.29, 1.82) is 0 Å². The van der Waals surface area contributed by atoms with Gasteiger partial charge in [0.05, 0.1) is 13.7 Å². The van der Waals surface area contributed by atoms with E-state index in [9.17, 15) is 4.79 Å². The number of carbonyl (C=O) groups excluding carboxylic acids is 1. The molecule has 1 amide bonds. The first-order valence-corrected chi connectivity index (χ1v) is 13.9. The average Bonchev–Trinajstić information content (AvgIpc) is 2.92. The Morgan fingerprint density at radius 1 is 0.949 bits per heavy atom. The summed E-state index contributed by atoms with van der Waals surface area (Å²) in [5.41, 5.74) is 5.55. The number of likely N-dealkylation sites (tertiary alicyclic amines) is 1. The molecule has 6 nitrogen and oxygen atoms in total. The molecule has 0 bridgehead atoms. The minimum absolute atomic E-state index is 0.226. The van der Waals surface area contributed by atoms with Crippen LogP contribution < -0.4 is 14.4 Å². The highest BCUT2D eigenvalue weighted by Gasteiger charge is 2.30.